The summed E-state index contributed by atoms with van der Waals surface area (Å²) >= 11 is 8.99. The van der Waals surface area contributed by atoms with E-state index in [9.17, 15) is 0 Å². The summed E-state index contributed by atoms with van der Waals surface area (Å²) in [6, 6.07) is 27.4. The minimum atomic E-state index is -5.65. The first kappa shape index (κ1) is 46.8. The van der Waals surface area contributed by atoms with Gasteiger partial charge in [-0.05, 0) is 0 Å². The number of hydrogen-bond acceptors (Lipinski definition) is 0. The molecule has 0 bridgehead atoms. The number of hydrogen-bond donors (Lipinski definition) is 0. The van der Waals surface area contributed by atoms with Gasteiger partial charge < -0.3 is 0 Å². The third kappa shape index (κ3) is 5.59. The molecule has 0 heterocycles. The monoisotopic (exact) mass is 946 g/mol. The first-order valence-electron chi connectivity index (χ1n) is 21.7. The van der Waals surface area contributed by atoms with E-state index in [4.69, 9.17) is 27.4 Å². The van der Waals surface area contributed by atoms with Crippen molar-refractivity contribution in [3.63, 3.8) is 0 Å². The molecule has 0 radical (unpaired) electrons. The van der Waals surface area contributed by atoms with E-state index >= 15 is 0 Å². The van der Waals surface area contributed by atoms with Gasteiger partial charge in [0.1, 0.15) is 0 Å². The van der Waals surface area contributed by atoms with Gasteiger partial charge in [-0.25, -0.2) is 0 Å². The first-order chi connectivity index (χ1) is 26.4. The van der Waals surface area contributed by atoms with Gasteiger partial charge in [0.2, 0.25) is 0 Å². The fraction of sp³-hybridized carbons (Fsp3) is 0.463. The third-order valence-electron chi connectivity index (χ3n) is 18.5. The van der Waals surface area contributed by atoms with Gasteiger partial charge in [-0.1, -0.05) is 0 Å². The van der Waals surface area contributed by atoms with Gasteiger partial charge in [0.15, 0.2) is 0 Å². The van der Waals surface area contributed by atoms with Crippen molar-refractivity contribution in [2.24, 2.45) is 44.8 Å². The molecule has 3 aromatic carbocycles. The molecule has 0 N–H and O–H groups in total. The molecular formula is C54H68Cl4Zr. The molecule has 0 aromatic heterocycles. The summed E-state index contributed by atoms with van der Waals surface area (Å²) in [6.45, 7) is 33.3. The van der Waals surface area contributed by atoms with E-state index < -0.39 is 21.4 Å². The topological polar surface area (TPSA) is 0 Å². The van der Waals surface area contributed by atoms with Gasteiger partial charge in [0, 0.05) is 0 Å². The number of benzene rings is 3. The molecule has 4 unspecified atom stereocenters. The zero-order chi connectivity index (χ0) is 41.5. The molecule has 3 aromatic rings. The molecule has 1 saturated carbocycles. The zero-order valence-corrected chi connectivity index (χ0v) is 43.5. The molecule has 1 fully saturated rings. The van der Waals surface area contributed by atoms with Crippen LogP contribution in [0.15, 0.2) is 123 Å². The molecule has 0 saturated heterocycles. The summed E-state index contributed by atoms with van der Waals surface area (Å²) in [4.78, 5) is 0. The maximum absolute atomic E-state index is 7.32. The van der Waals surface area contributed by atoms with E-state index in [0.29, 0.717) is 11.8 Å². The molecule has 5 aliphatic rings. The minimum absolute atomic E-state index is 0. The van der Waals surface area contributed by atoms with Gasteiger partial charge in [0.25, 0.3) is 0 Å². The molecule has 8 rings (SSSR count). The zero-order valence-electron chi connectivity index (χ0n) is 37.9. The van der Waals surface area contributed by atoms with E-state index in [1.54, 1.807) is 20.0 Å². The van der Waals surface area contributed by atoms with E-state index in [2.05, 4.69) is 187 Å². The molecule has 0 nitrogen and oxygen atoms in total. The van der Waals surface area contributed by atoms with Gasteiger partial charge in [-0.2, -0.15) is 0 Å². The number of halogens is 4. The molecule has 0 spiro atoms. The standard InChI is InChI=1S/C29H37.C12H19.2C6H4Cl.CH2.2ClH.Zr/c1-18-25-22-17-19-13-9-10-14-20(19)24(22)21-15-11-12-16-23(21)29(25,8)28(6,7)27(4,5)26(18,2)3;1-9(2)10-6-7-11(8-10)12(3,4)5;2*7-6-4-2-1-3-5-6;;;;/h9-11,13-15,23H,12,16-17H2,1-8H3;7-10H,1-5H3;2*1-2,4-5H;1H2;2*1H;. The molecular weight excluding hydrogens is 882 g/mol. The summed E-state index contributed by atoms with van der Waals surface area (Å²) in [5.41, 5.74) is 9.83. The summed E-state index contributed by atoms with van der Waals surface area (Å²) in [5, 5.41) is 1.55. The van der Waals surface area contributed by atoms with Crippen molar-refractivity contribution in [2.75, 3.05) is 0 Å². The Kier molecular flexibility index (Phi) is 11.6. The molecule has 0 amide bonds. The van der Waals surface area contributed by atoms with Crippen molar-refractivity contribution < 1.29 is 18.3 Å². The van der Waals surface area contributed by atoms with Crippen LogP contribution in [0.1, 0.15) is 114 Å². The van der Waals surface area contributed by atoms with Crippen molar-refractivity contribution in [1.29, 1.82) is 0 Å². The molecule has 4 atom stereocenters. The van der Waals surface area contributed by atoms with E-state index in [1.807, 2.05) is 0 Å². The summed E-state index contributed by atoms with van der Waals surface area (Å²) < 4.78 is 10.1. The van der Waals surface area contributed by atoms with E-state index in [1.165, 1.54) is 28.8 Å². The van der Waals surface area contributed by atoms with Crippen LogP contribution in [0.4, 0.5) is 0 Å². The molecule has 0 aliphatic heterocycles. The van der Waals surface area contributed by atoms with Gasteiger partial charge in [-0.15, -0.1) is 24.8 Å². The van der Waals surface area contributed by atoms with Crippen molar-refractivity contribution in [3.05, 3.63) is 144 Å². The van der Waals surface area contributed by atoms with Crippen LogP contribution in [0.3, 0.4) is 0 Å². The van der Waals surface area contributed by atoms with Crippen LogP contribution in [0.5, 0.6) is 0 Å². The first-order valence-corrected chi connectivity index (χ1v) is 29.1. The fourth-order valence-electron chi connectivity index (χ4n) is 14.1. The van der Waals surface area contributed by atoms with Crippen LogP contribution in [0.25, 0.3) is 5.57 Å². The Morgan fingerprint density at radius 1 is 0.763 bits per heavy atom. The predicted molar refractivity (Wildman–Crippen MR) is 262 cm³/mol. The number of fused-ring (bicyclic) bond motifs is 6. The van der Waals surface area contributed by atoms with Crippen molar-refractivity contribution >= 4 is 64.3 Å². The average molecular weight is 950 g/mol. The van der Waals surface area contributed by atoms with E-state index in [0.717, 1.165) is 29.3 Å². The van der Waals surface area contributed by atoms with Crippen LogP contribution in [0, 0.1) is 44.8 Å². The normalized spacial score (nSPS) is 27.8. The van der Waals surface area contributed by atoms with Crippen molar-refractivity contribution in [2.45, 2.75) is 112 Å². The maximum atomic E-state index is 7.32. The average Bonchev–Trinajstić information content (AvgIpc) is 3.78. The van der Waals surface area contributed by atoms with Crippen LogP contribution in [-0.2, 0) is 24.7 Å². The Morgan fingerprint density at radius 2 is 1.34 bits per heavy atom. The van der Waals surface area contributed by atoms with E-state index in [-0.39, 0.29) is 57.8 Å². The van der Waals surface area contributed by atoms with Gasteiger partial charge in [-0.3, -0.25) is 0 Å². The van der Waals surface area contributed by atoms with Crippen LogP contribution < -0.4 is 6.54 Å². The predicted octanol–water partition coefficient (Wildman–Crippen LogP) is 15.6. The second kappa shape index (κ2) is 14.7. The number of allylic oxidation sites excluding steroid dienone is 10. The quantitative estimate of drug-likeness (QED) is 0.239. The molecule has 5 heteroatoms. The second-order valence-electron chi connectivity index (χ2n) is 22.0. The molecule has 59 heavy (non-hydrogen) atoms. The SMILES string of the molecule is Cl.Cl.[CH2]=[Zr]([C]1=CC(C(C)(C)C)=CC1C(C)C)([c]1cccc(Cl)c1)([c]1cccc(Cl)c1)[C]1(C)C2=C3Cc4ccccc4C3=C3C=CCCC3C2(C)C(C)(C)C(C)(C)C1(C)C. The molecule has 5 aliphatic carbocycles. The summed E-state index contributed by atoms with van der Waals surface area (Å²) in [5.74, 6) is 0.927. The van der Waals surface area contributed by atoms with Crippen molar-refractivity contribution in [1.82, 2.24) is 0 Å². The third-order valence-corrected chi connectivity index (χ3v) is 38.7. The van der Waals surface area contributed by atoms with Crippen LogP contribution in [-0.4, -0.2) is 4.21 Å². The molecule has 316 valence electrons. The Hall–Kier alpha value is -1.73. The van der Waals surface area contributed by atoms with Crippen molar-refractivity contribution in [3.8, 4) is 0 Å². The summed E-state index contributed by atoms with van der Waals surface area (Å²) in [7, 11) is 0. The Labute approximate surface area is 380 Å². The van der Waals surface area contributed by atoms with Crippen LogP contribution >= 0.6 is 48.0 Å². The Balaban J connectivity index is 0.00000293. The Morgan fingerprint density at radius 3 is 1.88 bits per heavy atom. The van der Waals surface area contributed by atoms with Crippen LogP contribution in [0.2, 0.25) is 13.2 Å². The second-order valence-corrected chi connectivity index (χ2v) is 36.7. The Bertz CT molecular complexity index is 2410. The van der Waals surface area contributed by atoms with Gasteiger partial charge >= 0.3 is 359 Å². The van der Waals surface area contributed by atoms with Gasteiger partial charge in [0.05, 0.1) is 0 Å². The number of rotatable bonds is 5. The summed E-state index contributed by atoms with van der Waals surface area (Å²) in [6.07, 6.45) is 13.5. The fourth-order valence-corrected chi connectivity index (χ4v) is 36.7.